The van der Waals surface area contributed by atoms with Gasteiger partial charge in [0, 0.05) is 24.0 Å². The first-order valence-corrected chi connectivity index (χ1v) is 9.12. The Morgan fingerprint density at radius 3 is 2.63 bits per heavy atom. The Morgan fingerprint density at radius 2 is 2.00 bits per heavy atom. The zero-order valence-electron chi connectivity index (χ0n) is 14.8. The number of allylic oxidation sites excluding steroid dienone is 3. The van der Waals surface area contributed by atoms with E-state index in [1.54, 1.807) is 24.3 Å². The highest BCUT2D eigenvalue weighted by atomic mass is 35.5. The standard InChI is InChI=1S/C20H22ClN3O3/c1-14-4-2-3-5-17(14)19(24-10-12-27-13-11-24)18(20(25)26)23-22-16-8-6-15(21)7-9-16/h2-9,17,19,22H,1,10-13H2,(H,25,26). The largest absolute Gasteiger partial charge is 0.477 e. The predicted molar refractivity (Wildman–Crippen MR) is 107 cm³/mol. The Bertz CT molecular complexity index is 780. The van der Waals surface area contributed by atoms with Gasteiger partial charge in [-0.05, 0) is 29.8 Å². The van der Waals surface area contributed by atoms with E-state index in [0.29, 0.717) is 37.0 Å². The van der Waals surface area contributed by atoms with E-state index >= 15 is 0 Å². The van der Waals surface area contributed by atoms with Crippen LogP contribution in [-0.4, -0.2) is 54.0 Å². The van der Waals surface area contributed by atoms with Gasteiger partial charge in [-0.15, -0.1) is 0 Å². The summed E-state index contributed by atoms with van der Waals surface area (Å²) >= 11 is 5.89. The number of morpholine rings is 1. The fourth-order valence-electron chi connectivity index (χ4n) is 3.22. The summed E-state index contributed by atoms with van der Waals surface area (Å²) in [6.07, 6.45) is 7.70. The van der Waals surface area contributed by atoms with Gasteiger partial charge < -0.3 is 9.84 Å². The molecule has 1 aliphatic heterocycles. The molecule has 2 unspecified atom stereocenters. The van der Waals surface area contributed by atoms with Crippen LogP contribution >= 0.6 is 11.6 Å². The van der Waals surface area contributed by atoms with Gasteiger partial charge in [-0.3, -0.25) is 10.3 Å². The van der Waals surface area contributed by atoms with Crippen LogP contribution in [0.2, 0.25) is 5.02 Å². The predicted octanol–water partition coefficient (Wildman–Crippen LogP) is 3.19. The average molecular weight is 388 g/mol. The summed E-state index contributed by atoms with van der Waals surface area (Å²) in [5.74, 6) is -1.24. The highest BCUT2D eigenvalue weighted by molar-refractivity contribution is 6.38. The van der Waals surface area contributed by atoms with Crippen LogP contribution < -0.4 is 5.43 Å². The van der Waals surface area contributed by atoms with E-state index in [1.165, 1.54) is 0 Å². The molecule has 0 saturated carbocycles. The maximum Gasteiger partial charge on any atom is 0.353 e. The van der Waals surface area contributed by atoms with Gasteiger partial charge in [0.15, 0.2) is 5.71 Å². The van der Waals surface area contributed by atoms with Crippen LogP contribution in [0.25, 0.3) is 0 Å². The lowest BCUT2D eigenvalue weighted by Crippen LogP contribution is -2.53. The molecule has 0 spiro atoms. The number of rotatable bonds is 6. The molecule has 3 rings (SSSR count). The summed E-state index contributed by atoms with van der Waals surface area (Å²) in [6, 6.07) is 6.49. The van der Waals surface area contributed by atoms with Crippen LogP contribution in [0.1, 0.15) is 0 Å². The lowest BCUT2D eigenvalue weighted by molar-refractivity contribution is -0.130. The second-order valence-electron chi connectivity index (χ2n) is 6.36. The topological polar surface area (TPSA) is 74.2 Å². The van der Waals surface area contributed by atoms with Gasteiger partial charge in [0.05, 0.1) is 24.9 Å². The van der Waals surface area contributed by atoms with Crippen LogP contribution in [0, 0.1) is 5.92 Å². The number of benzene rings is 1. The molecule has 7 heteroatoms. The number of aliphatic carboxylic acids is 1. The number of carbonyl (C=O) groups is 1. The number of halogens is 1. The molecule has 1 fully saturated rings. The number of hydrogen-bond acceptors (Lipinski definition) is 5. The van der Waals surface area contributed by atoms with E-state index in [1.807, 2.05) is 24.3 Å². The molecule has 2 N–H and O–H groups in total. The molecule has 1 aromatic rings. The number of hydrazone groups is 1. The number of nitrogens with zero attached hydrogens (tertiary/aromatic N) is 2. The maximum atomic E-state index is 12.1. The summed E-state index contributed by atoms with van der Waals surface area (Å²) in [6.45, 7) is 6.50. The Hall–Kier alpha value is -2.41. The van der Waals surface area contributed by atoms with E-state index in [4.69, 9.17) is 16.3 Å². The fraction of sp³-hybridized carbons (Fsp3) is 0.300. The van der Waals surface area contributed by atoms with Crippen molar-refractivity contribution in [1.82, 2.24) is 4.90 Å². The van der Waals surface area contributed by atoms with Crippen LogP contribution in [0.3, 0.4) is 0 Å². The van der Waals surface area contributed by atoms with Crippen molar-refractivity contribution >= 4 is 29.0 Å². The molecule has 1 saturated heterocycles. The molecule has 2 aliphatic rings. The number of nitrogens with one attached hydrogen (secondary N) is 1. The molecule has 1 heterocycles. The number of hydrogen-bond donors (Lipinski definition) is 2. The third kappa shape index (κ3) is 4.86. The van der Waals surface area contributed by atoms with Crippen molar-refractivity contribution in [3.05, 3.63) is 65.7 Å². The molecule has 0 bridgehead atoms. The number of anilines is 1. The van der Waals surface area contributed by atoms with Crippen molar-refractivity contribution in [1.29, 1.82) is 0 Å². The molecule has 2 atom stereocenters. The summed E-state index contributed by atoms with van der Waals surface area (Å²) in [4.78, 5) is 14.2. The molecule has 0 radical (unpaired) electrons. The number of ether oxygens (including phenoxy) is 1. The molecular formula is C20H22ClN3O3. The fourth-order valence-corrected chi connectivity index (χ4v) is 3.35. The summed E-state index contributed by atoms with van der Waals surface area (Å²) in [5, 5.41) is 14.7. The molecule has 27 heavy (non-hydrogen) atoms. The quantitative estimate of drug-likeness (QED) is 0.579. The van der Waals surface area contributed by atoms with E-state index in [9.17, 15) is 9.90 Å². The number of carboxylic acid groups (broad SMARTS) is 1. The molecule has 0 aromatic heterocycles. The molecule has 142 valence electrons. The van der Waals surface area contributed by atoms with Gasteiger partial charge >= 0.3 is 5.97 Å². The van der Waals surface area contributed by atoms with Gasteiger partial charge in [-0.2, -0.15) is 5.10 Å². The van der Waals surface area contributed by atoms with Crippen LogP contribution in [0.4, 0.5) is 5.69 Å². The third-order valence-electron chi connectivity index (χ3n) is 4.60. The highest BCUT2D eigenvalue weighted by Gasteiger charge is 2.36. The van der Waals surface area contributed by atoms with Gasteiger partial charge in [0.25, 0.3) is 0 Å². The van der Waals surface area contributed by atoms with Gasteiger partial charge in [0.2, 0.25) is 0 Å². The normalized spacial score (nSPS) is 21.9. The van der Waals surface area contributed by atoms with Crippen LogP contribution in [-0.2, 0) is 9.53 Å². The van der Waals surface area contributed by atoms with Crippen molar-refractivity contribution in [3.8, 4) is 0 Å². The molecule has 1 aliphatic carbocycles. The van der Waals surface area contributed by atoms with Crippen LogP contribution in [0.5, 0.6) is 0 Å². The zero-order valence-corrected chi connectivity index (χ0v) is 15.6. The molecular weight excluding hydrogens is 366 g/mol. The monoisotopic (exact) mass is 387 g/mol. The first-order valence-electron chi connectivity index (χ1n) is 8.74. The lowest BCUT2D eigenvalue weighted by atomic mass is 9.85. The summed E-state index contributed by atoms with van der Waals surface area (Å²) in [5.41, 5.74) is 4.41. The molecule has 6 nitrogen and oxygen atoms in total. The number of carboxylic acids is 1. The van der Waals surface area contributed by atoms with Crippen LogP contribution in [0.15, 0.2) is 65.8 Å². The molecule has 1 aromatic carbocycles. The minimum Gasteiger partial charge on any atom is -0.477 e. The lowest BCUT2D eigenvalue weighted by Gasteiger charge is -2.38. The summed E-state index contributed by atoms with van der Waals surface area (Å²) in [7, 11) is 0. The van der Waals surface area contributed by atoms with E-state index in [0.717, 1.165) is 5.57 Å². The van der Waals surface area contributed by atoms with Gasteiger partial charge in [-0.25, -0.2) is 4.79 Å². The van der Waals surface area contributed by atoms with Crippen molar-refractivity contribution in [2.75, 3.05) is 31.7 Å². The van der Waals surface area contributed by atoms with E-state index in [-0.39, 0.29) is 11.6 Å². The van der Waals surface area contributed by atoms with Crippen molar-refractivity contribution in [2.45, 2.75) is 6.04 Å². The Labute approximate surface area is 163 Å². The van der Waals surface area contributed by atoms with Crippen molar-refractivity contribution in [3.63, 3.8) is 0 Å². The second kappa shape index (κ2) is 8.99. The minimum atomic E-state index is -1.07. The Balaban J connectivity index is 1.92. The van der Waals surface area contributed by atoms with E-state index < -0.39 is 12.0 Å². The first-order chi connectivity index (χ1) is 13.1. The first kappa shape index (κ1) is 19.4. The Morgan fingerprint density at radius 1 is 1.30 bits per heavy atom. The van der Waals surface area contributed by atoms with Crippen molar-refractivity contribution in [2.24, 2.45) is 11.0 Å². The highest BCUT2D eigenvalue weighted by Crippen LogP contribution is 2.27. The van der Waals surface area contributed by atoms with Gasteiger partial charge in [0.1, 0.15) is 0 Å². The smallest absolute Gasteiger partial charge is 0.353 e. The minimum absolute atomic E-state index is 0.0398. The zero-order chi connectivity index (χ0) is 19.2. The average Bonchev–Trinajstić information content (AvgIpc) is 2.68. The van der Waals surface area contributed by atoms with E-state index in [2.05, 4.69) is 22.0 Å². The SMILES string of the molecule is C=C1C=CC=CC1C(C(=NNc1ccc(Cl)cc1)C(=O)O)N1CCOCC1. The Kier molecular flexibility index (Phi) is 6.45. The van der Waals surface area contributed by atoms with Gasteiger partial charge in [-0.1, -0.05) is 42.5 Å². The third-order valence-corrected chi connectivity index (χ3v) is 4.85. The summed E-state index contributed by atoms with van der Waals surface area (Å²) < 4.78 is 5.43. The second-order valence-corrected chi connectivity index (χ2v) is 6.80. The molecule has 0 amide bonds. The maximum absolute atomic E-state index is 12.1. The van der Waals surface area contributed by atoms with Crippen molar-refractivity contribution < 1.29 is 14.6 Å².